The molecule has 0 saturated carbocycles. The third-order valence-corrected chi connectivity index (χ3v) is 7.02. The number of amidine groups is 1. The van der Waals surface area contributed by atoms with E-state index in [0.717, 1.165) is 5.56 Å². The van der Waals surface area contributed by atoms with Gasteiger partial charge in [0, 0.05) is 22.2 Å². The van der Waals surface area contributed by atoms with Crippen LogP contribution < -0.4 is 5.32 Å². The molecule has 0 aromatic heterocycles. The molecule has 37 heavy (non-hydrogen) atoms. The van der Waals surface area contributed by atoms with Gasteiger partial charge in [0.15, 0.2) is 5.17 Å². The van der Waals surface area contributed by atoms with Crippen molar-refractivity contribution in [2.45, 2.75) is 25.1 Å². The van der Waals surface area contributed by atoms with Gasteiger partial charge in [0.25, 0.3) is 0 Å². The van der Waals surface area contributed by atoms with Gasteiger partial charge >= 0.3 is 5.97 Å². The first-order valence-electron chi connectivity index (χ1n) is 11.5. The summed E-state index contributed by atoms with van der Waals surface area (Å²) in [5, 5.41) is 3.70. The zero-order chi connectivity index (χ0) is 26.4. The van der Waals surface area contributed by atoms with E-state index < -0.39 is 11.2 Å². The summed E-state index contributed by atoms with van der Waals surface area (Å²) in [5.74, 6) is -0.940. The van der Waals surface area contributed by atoms with Crippen LogP contribution in [0.3, 0.4) is 0 Å². The molecular formula is C27H23Cl2N3O4S. The molecule has 1 saturated heterocycles. The molecule has 0 unspecified atom stereocenters. The van der Waals surface area contributed by atoms with Gasteiger partial charge in [-0.25, -0.2) is 9.79 Å². The molecule has 0 bridgehead atoms. The van der Waals surface area contributed by atoms with E-state index in [0.29, 0.717) is 32.2 Å². The number of halogens is 2. The predicted molar refractivity (Wildman–Crippen MR) is 148 cm³/mol. The molecule has 0 radical (unpaired) electrons. The molecule has 3 aromatic rings. The number of aliphatic imine (C=N–C) groups is 1. The Balaban J connectivity index is 1.54. The maximum Gasteiger partial charge on any atom is 0.338 e. The molecule has 190 valence electrons. The summed E-state index contributed by atoms with van der Waals surface area (Å²) in [5.41, 5.74) is 2.40. The Labute approximate surface area is 228 Å². The van der Waals surface area contributed by atoms with Gasteiger partial charge in [-0.3, -0.25) is 14.5 Å². The summed E-state index contributed by atoms with van der Waals surface area (Å²) in [6.07, 6.45) is -0.0338. The first-order chi connectivity index (χ1) is 17.8. The van der Waals surface area contributed by atoms with Crippen molar-refractivity contribution in [2.24, 2.45) is 4.99 Å². The van der Waals surface area contributed by atoms with Crippen LogP contribution in [0.1, 0.15) is 29.3 Å². The number of rotatable bonds is 8. The van der Waals surface area contributed by atoms with Crippen LogP contribution in [-0.4, -0.2) is 39.7 Å². The van der Waals surface area contributed by atoms with Gasteiger partial charge in [-0.2, -0.15) is 0 Å². The molecule has 1 N–H and O–H groups in total. The molecule has 3 aromatic carbocycles. The number of benzene rings is 3. The second kappa shape index (κ2) is 12.3. The molecule has 2 amide bonds. The molecule has 0 aliphatic carbocycles. The molecule has 1 heterocycles. The van der Waals surface area contributed by atoms with Crippen molar-refractivity contribution >= 4 is 69.3 Å². The number of hydrogen-bond acceptors (Lipinski definition) is 6. The fourth-order valence-electron chi connectivity index (χ4n) is 3.59. The average molecular weight is 556 g/mol. The highest BCUT2D eigenvalue weighted by Crippen LogP contribution is 2.33. The largest absolute Gasteiger partial charge is 0.462 e. The van der Waals surface area contributed by atoms with E-state index in [1.807, 2.05) is 12.1 Å². The zero-order valence-corrected chi connectivity index (χ0v) is 22.1. The average Bonchev–Trinajstić information content (AvgIpc) is 3.14. The van der Waals surface area contributed by atoms with Crippen molar-refractivity contribution in [3.05, 3.63) is 94.0 Å². The Morgan fingerprint density at radius 2 is 1.76 bits per heavy atom. The smallest absolute Gasteiger partial charge is 0.338 e. The Hall–Kier alpha value is -3.33. The number of nitrogens with one attached hydrogen (secondary N) is 1. The highest BCUT2D eigenvalue weighted by Gasteiger charge is 2.39. The maximum absolute atomic E-state index is 13.4. The minimum Gasteiger partial charge on any atom is -0.462 e. The van der Waals surface area contributed by atoms with E-state index in [1.54, 1.807) is 72.5 Å². The molecule has 0 spiro atoms. The molecule has 1 atom stereocenters. The summed E-state index contributed by atoms with van der Waals surface area (Å²) < 4.78 is 5.02. The van der Waals surface area contributed by atoms with Crippen LogP contribution in [0.2, 0.25) is 10.0 Å². The number of carbonyl (C=O) groups is 3. The second-order valence-electron chi connectivity index (χ2n) is 8.08. The first kappa shape index (κ1) is 26.7. The summed E-state index contributed by atoms with van der Waals surface area (Å²) in [6, 6.07) is 20.6. The molecule has 1 aliphatic rings. The van der Waals surface area contributed by atoms with Crippen LogP contribution in [0, 0.1) is 0 Å². The quantitative estimate of drug-likeness (QED) is 0.328. The van der Waals surface area contributed by atoms with Crippen LogP contribution in [0.5, 0.6) is 0 Å². The Kier molecular flexibility index (Phi) is 8.87. The van der Waals surface area contributed by atoms with E-state index >= 15 is 0 Å². The lowest BCUT2D eigenvalue weighted by molar-refractivity contribution is -0.128. The highest BCUT2D eigenvalue weighted by molar-refractivity contribution is 8.15. The van der Waals surface area contributed by atoms with Gasteiger partial charge in [0.1, 0.15) is 5.25 Å². The van der Waals surface area contributed by atoms with Crippen molar-refractivity contribution in [3.8, 4) is 0 Å². The van der Waals surface area contributed by atoms with Gasteiger partial charge in [0.2, 0.25) is 11.8 Å². The third-order valence-electron chi connectivity index (χ3n) is 5.36. The second-order valence-corrected chi connectivity index (χ2v) is 10.1. The fourth-order valence-corrected chi connectivity index (χ4v) is 5.06. The molecule has 7 nitrogen and oxygen atoms in total. The summed E-state index contributed by atoms with van der Waals surface area (Å²) in [6.45, 7) is 2.30. The van der Waals surface area contributed by atoms with E-state index in [-0.39, 0.29) is 31.4 Å². The van der Waals surface area contributed by atoms with Gasteiger partial charge in [-0.15, -0.1) is 0 Å². The number of amides is 2. The van der Waals surface area contributed by atoms with Crippen LogP contribution in [0.15, 0.2) is 77.8 Å². The van der Waals surface area contributed by atoms with Crippen molar-refractivity contribution in [1.29, 1.82) is 0 Å². The van der Waals surface area contributed by atoms with Crippen molar-refractivity contribution in [3.63, 3.8) is 0 Å². The Morgan fingerprint density at radius 3 is 2.43 bits per heavy atom. The van der Waals surface area contributed by atoms with Gasteiger partial charge < -0.3 is 10.1 Å². The number of ether oxygens (including phenoxy) is 1. The minimum absolute atomic E-state index is 0.0338. The fraction of sp³-hybridized carbons (Fsp3) is 0.185. The monoisotopic (exact) mass is 555 g/mol. The molecule has 4 rings (SSSR count). The van der Waals surface area contributed by atoms with Crippen LogP contribution in [-0.2, 0) is 20.9 Å². The molecule has 10 heteroatoms. The van der Waals surface area contributed by atoms with Gasteiger partial charge in [-0.05, 0) is 67.1 Å². The Morgan fingerprint density at radius 1 is 1.03 bits per heavy atom. The number of esters is 1. The van der Waals surface area contributed by atoms with E-state index in [2.05, 4.69) is 10.3 Å². The number of thioether (sulfide) groups is 1. The normalized spacial score (nSPS) is 16.2. The first-order valence-corrected chi connectivity index (χ1v) is 13.1. The number of carbonyl (C=O) groups excluding carboxylic acids is 3. The lowest BCUT2D eigenvalue weighted by Gasteiger charge is -2.17. The lowest BCUT2D eigenvalue weighted by atomic mass is 10.2. The molecular weight excluding hydrogens is 533 g/mol. The predicted octanol–water partition coefficient (Wildman–Crippen LogP) is 6.33. The van der Waals surface area contributed by atoms with Crippen LogP contribution >= 0.6 is 35.0 Å². The summed E-state index contributed by atoms with van der Waals surface area (Å²) in [4.78, 5) is 44.3. The maximum atomic E-state index is 13.4. The van der Waals surface area contributed by atoms with E-state index in [4.69, 9.17) is 27.9 Å². The number of anilines is 1. The van der Waals surface area contributed by atoms with E-state index in [9.17, 15) is 14.4 Å². The Bertz CT molecular complexity index is 1330. The van der Waals surface area contributed by atoms with Gasteiger partial charge in [-0.1, -0.05) is 53.2 Å². The summed E-state index contributed by atoms with van der Waals surface area (Å²) >= 11 is 13.2. The summed E-state index contributed by atoms with van der Waals surface area (Å²) in [7, 11) is 0. The SMILES string of the molecule is CCOC(=O)c1ccc(N=C2S[C@H](CC(=O)Nc3cccc(Cl)c3)C(=O)N2Cc2ccc(Cl)cc2)cc1. The van der Waals surface area contributed by atoms with E-state index in [1.165, 1.54) is 11.8 Å². The topological polar surface area (TPSA) is 88.1 Å². The van der Waals surface area contributed by atoms with Crippen LogP contribution in [0.4, 0.5) is 11.4 Å². The minimum atomic E-state index is -0.649. The number of nitrogens with zero attached hydrogens (tertiary/aromatic N) is 2. The number of hydrogen-bond donors (Lipinski definition) is 1. The van der Waals surface area contributed by atoms with Crippen molar-refractivity contribution in [1.82, 2.24) is 4.90 Å². The molecule has 1 fully saturated rings. The highest BCUT2D eigenvalue weighted by atomic mass is 35.5. The zero-order valence-electron chi connectivity index (χ0n) is 19.8. The third kappa shape index (κ3) is 7.13. The lowest BCUT2D eigenvalue weighted by Crippen LogP contribution is -2.33. The van der Waals surface area contributed by atoms with Crippen molar-refractivity contribution in [2.75, 3.05) is 11.9 Å². The standard InChI is InChI=1S/C27H23Cl2N3O4S/c1-2-36-26(35)18-8-12-21(13-9-18)31-27-32(16-17-6-10-19(28)11-7-17)25(34)23(37-27)15-24(33)30-22-5-3-4-20(29)14-22/h3-14,23H,2,15-16H2,1H3,(H,30,33)/t23-/m1/s1. The van der Waals surface area contributed by atoms with Gasteiger partial charge in [0.05, 0.1) is 24.4 Å². The van der Waals surface area contributed by atoms with Crippen molar-refractivity contribution < 1.29 is 19.1 Å². The molecule has 1 aliphatic heterocycles. The van der Waals surface area contributed by atoms with Crippen LogP contribution in [0.25, 0.3) is 0 Å².